The summed E-state index contributed by atoms with van der Waals surface area (Å²) >= 11 is 0. The SMILES string of the molecule is CCN(CCc1nc(-c2ccccc2)no1)CC(C)(C)O. The molecular formula is C16H23N3O2. The standard InChI is InChI=1S/C16H23N3O2/c1-4-19(12-16(2,3)20)11-10-14-17-15(18-21-14)13-8-6-5-7-9-13/h5-9,20H,4,10-12H2,1-3H3. The molecule has 0 aliphatic rings. The van der Waals surface area contributed by atoms with E-state index >= 15 is 0 Å². The second-order valence-corrected chi connectivity index (χ2v) is 5.81. The Morgan fingerprint density at radius 2 is 1.95 bits per heavy atom. The molecule has 1 heterocycles. The molecule has 0 atom stereocenters. The van der Waals surface area contributed by atoms with E-state index in [2.05, 4.69) is 22.0 Å². The van der Waals surface area contributed by atoms with E-state index in [4.69, 9.17) is 4.52 Å². The topological polar surface area (TPSA) is 62.4 Å². The van der Waals surface area contributed by atoms with Crippen molar-refractivity contribution in [2.45, 2.75) is 32.8 Å². The first-order valence-corrected chi connectivity index (χ1v) is 7.30. The number of rotatable bonds is 7. The Morgan fingerprint density at radius 3 is 2.57 bits per heavy atom. The zero-order valence-corrected chi connectivity index (χ0v) is 12.9. The zero-order chi connectivity index (χ0) is 15.3. The van der Waals surface area contributed by atoms with Crippen molar-refractivity contribution in [3.8, 4) is 11.4 Å². The van der Waals surface area contributed by atoms with Gasteiger partial charge in [0.05, 0.1) is 5.60 Å². The second-order valence-electron chi connectivity index (χ2n) is 5.81. The van der Waals surface area contributed by atoms with E-state index < -0.39 is 5.60 Å². The summed E-state index contributed by atoms with van der Waals surface area (Å²) in [4.78, 5) is 6.59. The first-order valence-electron chi connectivity index (χ1n) is 7.30. The van der Waals surface area contributed by atoms with Gasteiger partial charge in [-0.25, -0.2) is 0 Å². The molecule has 1 aromatic carbocycles. The van der Waals surface area contributed by atoms with Gasteiger partial charge in [0.2, 0.25) is 11.7 Å². The summed E-state index contributed by atoms with van der Waals surface area (Å²) in [6.45, 7) is 8.00. The third-order valence-corrected chi connectivity index (χ3v) is 3.20. The number of benzene rings is 1. The normalized spacial score (nSPS) is 12.0. The van der Waals surface area contributed by atoms with Crippen LogP contribution in [0.3, 0.4) is 0 Å². The van der Waals surface area contributed by atoms with Crippen LogP contribution in [0.5, 0.6) is 0 Å². The lowest BCUT2D eigenvalue weighted by Crippen LogP contribution is -2.39. The van der Waals surface area contributed by atoms with Crippen LogP contribution in [-0.2, 0) is 6.42 Å². The van der Waals surface area contributed by atoms with Crippen molar-refractivity contribution in [1.82, 2.24) is 15.0 Å². The molecule has 0 spiro atoms. The highest BCUT2D eigenvalue weighted by Gasteiger charge is 2.18. The van der Waals surface area contributed by atoms with Crippen LogP contribution in [-0.4, -0.2) is 45.4 Å². The Kier molecular flexibility index (Phi) is 5.09. The highest BCUT2D eigenvalue weighted by atomic mass is 16.5. The molecule has 2 rings (SSSR count). The maximum atomic E-state index is 9.88. The lowest BCUT2D eigenvalue weighted by Gasteiger charge is -2.27. The summed E-state index contributed by atoms with van der Waals surface area (Å²) < 4.78 is 5.29. The van der Waals surface area contributed by atoms with Gasteiger partial charge in [-0.15, -0.1) is 0 Å². The summed E-state index contributed by atoms with van der Waals surface area (Å²) in [5.74, 6) is 1.25. The summed E-state index contributed by atoms with van der Waals surface area (Å²) in [5.41, 5.74) is 0.261. The maximum Gasteiger partial charge on any atom is 0.228 e. The Morgan fingerprint density at radius 1 is 1.24 bits per heavy atom. The minimum Gasteiger partial charge on any atom is -0.389 e. The minimum atomic E-state index is -0.694. The quantitative estimate of drug-likeness (QED) is 0.848. The largest absolute Gasteiger partial charge is 0.389 e. The lowest BCUT2D eigenvalue weighted by molar-refractivity contribution is 0.0376. The van der Waals surface area contributed by atoms with Crippen LogP contribution in [0.4, 0.5) is 0 Å². The first kappa shape index (κ1) is 15.7. The Bertz CT molecular complexity index is 546. The highest BCUT2D eigenvalue weighted by Crippen LogP contribution is 2.15. The fourth-order valence-electron chi connectivity index (χ4n) is 2.21. The molecule has 21 heavy (non-hydrogen) atoms. The summed E-state index contributed by atoms with van der Waals surface area (Å²) in [5, 5.41) is 13.9. The van der Waals surface area contributed by atoms with Crippen LogP contribution in [0.15, 0.2) is 34.9 Å². The van der Waals surface area contributed by atoms with E-state index in [0.717, 1.165) is 18.7 Å². The molecule has 0 radical (unpaired) electrons. The molecule has 2 aromatic rings. The number of aliphatic hydroxyl groups is 1. The number of nitrogens with zero attached hydrogens (tertiary/aromatic N) is 3. The van der Waals surface area contributed by atoms with Crippen molar-refractivity contribution >= 4 is 0 Å². The van der Waals surface area contributed by atoms with Gasteiger partial charge < -0.3 is 14.5 Å². The minimum absolute atomic E-state index is 0.621. The van der Waals surface area contributed by atoms with Crippen molar-refractivity contribution in [2.75, 3.05) is 19.6 Å². The van der Waals surface area contributed by atoms with Crippen molar-refractivity contribution in [1.29, 1.82) is 0 Å². The second kappa shape index (κ2) is 6.83. The summed E-state index contributed by atoms with van der Waals surface area (Å²) in [6, 6.07) is 9.78. The molecular weight excluding hydrogens is 266 g/mol. The average Bonchev–Trinajstić information content (AvgIpc) is 2.92. The maximum absolute atomic E-state index is 9.88. The summed E-state index contributed by atoms with van der Waals surface area (Å²) in [7, 11) is 0. The fraction of sp³-hybridized carbons (Fsp3) is 0.500. The van der Waals surface area contributed by atoms with Gasteiger partial charge in [0, 0.05) is 25.1 Å². The van der Waals surface area contributed by atoms with Crippen LogP contribution in [0.2, 0.25) is 0 Å². The molecule has 0 saturated carbocycles. The van der Waals surface area contributed by atoms with Crippen LogP contribution in [0.1, 0.15) is 26.7 Å². The molecule has 0 aliphatic carbocycles. The molecule has 1 N–H and O–H groups in total. The van der Waals surface area contributed by atoms with E-state index in [9.17, 15) is 5.11 Å². The fourth-order valence-corrected chi connectivity index (χ4v) is 2.21. The van der Waals surface area contributed by atoms with Crippen molar-refractivity contribution in [2.24, 2.45) is 0 Å². The molecule has 5 nitrogen and oxygen atoms in total. The van der Waals surface area contributed by atoms with Gasteiger partial charge >= 0.3 is 0 Å². The molecule has 0 bridgehead atoms. The lowest BCUT2D eigenvalue weighted by atomic mass is 10.1. The summed E-state index contributed by atoms with van der Waals surface area (Å²) in [6.07, 6.45) is 0.684. The van der Waals surface area contributed by atoms with Crippen LogP contribution >= 0.6 is 0 Å². The van der Waals surface area contributed by atoms with Crippen LogP contribution in [0, 0.1) is 0 Å². The van der Waals surface area contributed by atoms with Crippen LogP contribution in [0.25, 0.3) is 11.4 Å². The van der Waals surface area contributed by atoms with Crippen LogP contribution < -0.4 is 0 Å². The van der Waals surface area contributed by atoms with Crippen molar-refractivity contribution < 1.29 is 9.63 Å². The van der Waals surface area contributed by atoms with Gasteiger partial charge in [-0.1, -0.05) is 42.4 Å². The Balaban J connectivity index is 1.94. The third kappa shape index (κ3) is 4.95. The van der Waals surface area contributed by atoms with Crippen molar-refractivity contribution in [3.63, 3.8) is 0 Å². The third-order valence-electron chi connectivity index (χ3n) is 3.20. The monoisotopic (exact) mass is 289 g/mol. The van der Waals surface area contributed by atoms with E-state index in [0.29, 0.717) is 24.7 Å². The molecule has 0 amide bonds. The molecule has 0 unspecified atom stereocenters. The van der Waals surface area contributed by atoms with E-state index in [1.54, 1.807) is 0 Å². The predicted molar refractivity (Wildman–Crippen MR) is 81.8 cm³/mol. The first-order chi connectivity index (χ1) is 9.98. The van der Waals surface area contributed by atoms with Gasteiger partial charge in [-0.2, -0.15) is 4.98 Å². The molecule has 0 fully saturated rings. The molecule has 0 aliphatic heterocycles. The molecule has 5 heteroatoms. The number of hydrogen-bond acceptors (Lipinski definition) is 5. The smallest absolute Gasteiger partial charge is 0.228 e. The number of aromatic nitrogens is 2. The van der Waals surface area contributed by atoms with E-state index in [1.807, 2.05) is 44.2 Å². The van der Waals surface area contributed by atoms with Gasteiger partial charge in [0.25, 0.3) is 0 Å². The zero-order valence-electron chi connectivity index (χ0n) is 12.9. The van der Waals surface area contributed by atoms with E-state index in [1.165, 1.54) is 0 Å². The van der Waals surface area contributed by atoms with Gasteiger partial charge in [0.15, 0.2) is 0 Å². The Labute approximate surface area is 125 Å². The number of likely N-dealkylation sites (N-methyl/N-ethyl adjacent to an activating group) is 1. The van der Waals surface area contributed by atoms with Gasteiger partial charge in [0.1, 0.15) is 0 Å². The predicted octanol–water partition coefficient (Wildman–Crippen LogP) is 2.37. The van der Waals surface area contributed by atoms with Gasteiger partial charge in [-0.3, -0.25) is 0 Å². The molecule has 114 valence electrons. The number of hydrogen-bond donors (Lipinski definition) is 1. The van der Waals surface area contributed by atoms with E-state index in [-0.39, 0.29) is 0 Å². The highest BCUT2D eigenvalue weighted by molar-refractivity contribution is 5.53. The van der Waals surface area contributed by atoms with Gasteiger partial charge in [-0.05, 0) is 20.4 Å². The van der Waals surface area contributed by atoms with Crippen molar-refractivity contribution in [3.05, 3.63) is 36.2 Å². The Hall–Kier alpha value is -1.72. The molecule has 1 aromatic heterocycles. The molecule has 0 saturated heterocycles. The average molecular weight is 289 g/mol.